The fourth-order valence-corrected chi connectivity index (χ4v) is 6.30. The number of benzene rings is 4. The van der Waals surface area contributed by atoms with Crippen molar-refractivity contribution in [1.29, 1.82) is 0 Å². The van der Waals surface area contributed by atoms with E-state index in [1.807, 2.05) is 74.2 Å². The van der Waals surface area contributed by atoms with Gasteiger partial charge in [0.25, 0.3) is 0 Å². The van der Waals surface area contributed by atoms with Crippen LogP contribution in [0.1, 0.15) is 40.3 Å². The molecular weight excluding hydrogens is 749 g/mol. The van der Waals surface area contributed by atoms with E-state index in [4.69, 9.17) is 18.9 Å². The summed E-state index contributed by atoms with van der Waals surface area (Å²) in [5, 5.41) is 0. The van der Waals surface area contributed by atoms with Crippen molar-refractivity contribution in [3.8, 4) is 28.9 Å². The smallest absolute Gasteiger partial charge is 0.246 e. The monoisotopic (exact) mass is 795 g/mol. The number of methoxy groups -OCH3 is 1. The number of aryl methyl sites for hydroxylation is 2. The van der Waals surface area contributed by atoms with Crippen molar-refractivity contribution in [1.82, 2.24) is 14.8 Å². The lowest BCUT2D eigenvalue weighted by molar-refractivity contribution is -0.127. The number of pyridine rings is 1. The molecular formula is C44H47BrFN3O5. The zero-order valence-corrected chi connectivity index (χ0v) is 32.9. The molecule has 0 spiro atoms. The molecule has 1 aliphatic heterocycles. The van der Waals surface area contributed by atoms with E-state index in [1.54, 1.807) is 37.6 Å². The van der Waals surface area contributed by atoms with E-state index < -0.39 is 0 Å². The zero-order valence-electron chi connectivity index (χ0n) is 31.2. The number of carbonyl (C=O) groups is 1. The Morgan fingerprint density at radius 2 is 1.43 bits per heavy atom. The molecule has 0 saturated carbocycles. The van der Waals surface area contributed by atoms with Crippen LogP contribution in [0, 0.1) is 19.7 Å². The summed E-state index contributed by atoms with van der Waals surface area (Å²) in [5.74, 6) is 3.08. The second-order valence-corrected chi connectivity index (χ2v) is 13.4. The van der Waals surface area contributed by atoms with E-state index in [2.05, 4.69) is 34.1 Å². The van der Waals surface area contributed by atoms with Crippen LogP contribution >= 0.6 is 17.0 Å². The minimum atomic E-state index is -0.271. The lowest BCUT2D eigenvalue weighted by atomic mass is 10.0. The fraction of sp³-hybridized carbons (Fsp3) is 0.273. The quantitative estimate of drug-likeness (QED) is 0.104. The van der Waals surface area contributed by atoms with Gasteiger partial charge in [-0.3, -0.25) is 9.69 Å². The molecule has 1 saturated heterocycles. The number of aromatic nitrogens is 1. The van der Waals surface area contributed by atoms with Crippen LogP contribution in [0.3, 0.4) is 0 Å². The zero-order chi connectivity index (χ0) is 37.2. The van der Waals surface area contributed by atoms with Gasteiger partial charge in [0.1, 0.15) is 35.4 Å². The van der Waals surface area contributed by atoms with Crippen LogP contribution in [0.15, 0.2) is 109 Å². The Labute approximate surface area is 327 Å². The number of nitrogens with zero attached hydrogens (tertiary/aromatic N) is 3. The third-order valence-corrected chi connectivity index (χ3v) is 9.17. The Balaban J connectivity index is 0.00000561. The summed E-state index contributed by atoms with van der Waals surface area (Å²) in [4.78, 5) is 21.8. The molecule has 0 radical (unpaired) electrons. The fourth-order valence-electron chi connectivity index (χ4n) is 6.30. The third-order valence-electron chi connectivity index (χ3n) is 9.17. The van der Waals surface area contributed by atoms with Crippen LogP contribution < -0.4 is 18.9 Å². The van der Waals surface area contributed by atoms with Gasteiger partial charge in [0, 0.05) is 51.3 Å². The molecule has 1 atom stereocenters. The van der Waals surface area contributed by atoms with Crippen molar-refractivity contribution >= 4 is 29.0 Å². The molecule has 10 heteroatoms. The average molecular weight is 797 g/mol. The first-order valence-electron chi connectivity index (χ1n) is 17.9. The van der Waals surface area contributed by atoms with Crippen LogP contribution in [0.2, 0.25) is 0 Å². The van der Waals surface area contributed by atoms with E-state index in [0.717, 1.165) is 59.8 Å². The van der Waals surface area contributed by atoms with Gasteiger partial charge in [0.05, 0.1) is 19.4 Å². The summed E-state index contributed by atoms with van der Waals surface area (Å²) in [6.45, 7) is 10.3. The van der Waals surface area contributed by atoms with Crippen molar-refractivity contribution < 1.29 is 28.1 Å². The Kier molecular flexibility index (Phi) is 14.2. The number of piperazine rings is 1. The number of hydrogen-bond donors (Lipinski definition) is 0. The van der Waals surface area contributed by atoms with E-state index in [-0.39, 0.29) is 34.8 Å². The summed E-state index contributed by atoms with van der Waals surface area (Å²) in [5.41, 5.74) is 6.30. The molecule has 4 aromatic carbocycles. The minimum absolute atomic E-state index is 0. The predicted molar refractivity (Wildman–Crippen MR) is 215 cm³/mol. The maximum absolute atomic E-state index is 13.2. The number of hydrogen-bond acceptors (Lipinski definition) is 7. The molecule has 54 heavy (non-hydrogen) atoms. The molecule has 1 fully saturated rings. The Morgan fingerprint density at radius 1 is 0.815 bits per heavy atom. The van der Waals surface area contributed by atoms with E-state index in [9.17, 15) is 9.18 Å². The maximum atomic E-state index is 13.2. The van der Waals surface area contributed by atoms with Gasteiger partial charge >= 0.3 is 0 Å². The second kappa shape index (κ2) is 19.2. The topological polar surface area (TPSA) is 73.4 Å². The summed E-state index contributed by atoms with van der Waals surface area (Å²) in [6, 6.07) is 30.1. The maximum Gasteiger partial charge on any atom is 0.246 e. The van der Waals surface area contributed by atoms with Crippen molar-refractivity contribution in [2.45, 2.75) is 46.4 Å². The molecule has 1 aliphatic rings. The van der Waals surface area contributed by atoms with E-state index >= 15 is 0 Å². The molecule has 1 unspecified atom stereocenters. The average Bonchev–Trinajstić information content (AvgIpc) is 3.17. The minimum Gasteiger partial charge on any atom is -0.497 e. The van der Waals surface area contributed by atoms with Gasteiger partial charge < -0.3 is 23.8 Å². The molecule has 282 valence electrons. The number of rotatable bonds is 14. The molecule has 2 heterocycles. The highest BCUT2D eigenvalue weighted by Gasteiger charge is 2.20. The summed E-state index contributed by atoms with van der Waals surface area (Å²) in [6.07, 6.45) is 5.92. The van der Waals surface area contributed by atoms with Crippen LogP contribution in [0.5, 0.6) is 28.9 Å². The first-order valence-corrected chi connectivity index (χ1v) is 17.9. The van der Waals surface area contributed by atoms with Crippen LogP contribution in [0.4, 0.5) is 4.39 Å². The highest BCUT2D eigenvalue weighted by Crippen LogP contribution is 2.30. The highest BCUT2D eigenvalue weighted by atomic mass is 79.9. The summed E-state index contributed by atoms with van der Waals surface area (Å²) < 4.78 is 36.3. The lowest BCUT2D eigenvalue weighted by Crippen LogP contribution is -2.47. The molecule has 0 bridgehead atoms. The third kappa shape index (κ3) is 11.4. The number of amides is 1. The van der Waals surface area contributed by atoms with Gasteiger partial charge in [-0.2, -0.15) is 0 Å². The van der Waals surface area contributed by atoms with Gasteiger partial charge in [-0.15, -0.1) is 17.0 Å². The molecule has 1 amide bonds. The van der Waals surface area contributed by atoms with Crippen molar-refractivity contribution in [3.05, 3.63) is 149 Å². The molecule has 5 aromatic rings. The van der Waals surface area contributed by atoms with Crippen LogP contribution in [-0.2, 0) is 24.4 Å². The Hall–Kier alpha value is -5.19. The standard InChI is InChI=1S/C44H46FN3O5.BrH/c1-31-25-37(26-32(2)44(31)53-42-19-18-41(28-46-42)51-30-36-9-14-39(50-4)15-10-36)11-20-43(49)48-23-21-47(22-24-48)29-35-7-5-34(6-8-35)27-33(3)52-40-16-12-38(45)13-17-40;/h5-20,25-26,28,33H,21-24,27,29-30H2,1-4H3;1H. The number of ether oxygens (including phenoxy) is 4. The second-order valence-electron chi connectivity index (χ2n) is 13.4. The molecule has 0 aliphatic carbocycles. The Morgan fingerprint density at radius 3 is 2.06 bits per heavy atom. The molecule has 8 nitrogen and oxygen atoms in total. The summed E-state index contributed by atoms with van der Waals surface area (Å²) >= 11 is 0. The van der Waals surface area contributed by atoms with Crippen molar-refractivity contribution in [2.75, 3.05) is 33.3 Å². The first-order chi connectivity index (χ1) is 25.7. The van der Waals surface area contributed by atoms with Gasteiger partial charge in [-0.1, -0.05) is 36.4 Å². The molecule has 6 rings (SSSR count). The number of halogens is 2. The first kappa shape index (κ1) is 40.0. The van der Waals surface area contributed by atoms with Gasteiger partial charge in [-0.05, 0) is 115 Å². The SMILES string of the molecule is Br.COc1ccc(COc2ccc(Oc3c(C)cc(C=CC(=O)N4CCN(Cc5ccc(CC(C)Oc6ccc(F)cc6)cc5)CC4)cc3C)nc2)cc1. The highest BCUT2D eigenvalue weighted by molar-refractivity contribution is 8.93. The predicted octanol–water partition coefficient (Wildman–Crippen LogP) is 9.16. The largest absolute Gasteiger partial charge is 0.497 e. The van der Waals surface area contributed by atoms with Gasteiger partial charge in [-0.25, -0.2) is 9.37 Å². The molecule has 1 aromatic heterocycles. The molecule has 0 N–H and O–H groups in total. The van der Waals surface area contributed by atoms with Gasteiger partial charge in [0.2, 0.25) is 11.8 Å². The Bertz CT molecular complexity index is 1960. The van der Waals surface area contributed by atoms with E-state index in [1.165, 1.54) is 23.3 Å². The lowest BCUT2D eigenvalue weighted by Gasteiger charge is -2.34. The van der Waals surface area contributed by atoms with Crippen LogP contribution in [-0.4, -0.2) is 60.1 Å². The summed E-state index contributed by atoms with van der Waals surface area (Å²) in [7, 11) is 1.64. The van der Waals surface area contributed by atoms with E-state index in [0.29, 0.717) is 37.1 Å². The van der Waals surface area contributed by atoms with Crippen molar-refractivity contribution in [2.24, 2.45) is 0 Å². The number of carbonyl (C=O) groups excluding carboxylic acids is 1. The van der Waals surface area contributed by atoms with Crippen LogP contribution in [0.25, 0.3) is 6.08 Å². The normalized spacial score (nSPS) is 13.6. The van der Waals surface area contributed by atoms with Crippen molar-refractivity contribution in [3.63, 3.8) is 0 Å². The van der Waals surface area contributed by atoms with Gasteiger partial charge in [0.15, 0.2) is 0 Å².